The molecule has 0 fully saturated rings. The molecular formula is C23H29NOS2. The fourth-order valence-corrected chi connectivity index (χ4v) is 4.69. The van der Waals surface area contributed by atoms with Gasteiger partial charge >= 0.3 is 0 Å². The Kier molecular flexibility index (Phi) is 5.78. The lowest BCUT2D eigenvalue weighted by atomic mass is 9.79. The van der Waals surface area contributed by atoms with Crippen LogP contribution in [0.5, 0.6) is 5.75 Å². The van der Waals surface area contributed by atoms with Gasteiger partial charge in [0.25, 0.3) is 0 Å². The van der Waals surface area contributed by atoms with Crippen LogP contribution >= 0.6 is 23.6 Å². The van der Waals surface area contributed by atoms with Crippen molar-refractivity contribution in [1.82, 2.24) is 4.57 Å². The second-order valence-corrected chi connectivity index (χ2v) is 9.72. The number of rotatable bonds is 6. The van der Waals surface area contributed by atoms with Gasteiger partial charge in [0.2, 0.25) is 0 Å². The van der Waals surface area contributed by atoms with E-state index in [1.807, 2.05) is 12.1 Å². The first-order valence-corrected chi connectivity index (χ1v) is 11.0. The highest BCUT2D eigenvalue weighted by molar-refractivity contribution is 7.73. The van der Waals surface area contributed by atoms with E-state index in [2.05, 4.69) is 63.5 Å². The van der Waals surface area contributed by atoms with Gasteiger partial charge in [-0.15, -0.1) is 11.3 Å². The van der Waals surface area contributed by atoms with Crippen LogP contribution in [0.2, 0.25) is 0 Å². The summed E-state index contributed by atoms with van der Waals surface area (Å²) in [4.78, 5) is 0. The summed E-state index contributed by atoms with van der Waals surface area (Å²) in [6, 6.07) is 12.7. The Labute approximate surface area is 171 Å². The SMILES string of the molecule is CCC(C)c1cc(C(C)(C)CC)cc(Cn2c(=S)sc3ccccc32)c1O. The van der Waals surface area contributed by atoms with Crippen molar-refractivity contribution in [2.45, 2.75) is 65.3 Å². The molecule has 0 radical (unpaired) electrons. The average molecular weight is 400 g/mol. The van der Waals surface area contributed by atoms with Crippen LogP contribution in [0.4, 0.5) is 0 Å². The van der Waals surface area contributed by atoms with Crippen molar-refractivity contribution in [2.24, 2.45) is 0 Å². The summed E-state index contributed by atoms with van der Waals surface area (Å²) in [5.41, 5.74) is 4.51. The van der Waals surface area contributed by atoms with Crippen LogP contribution in [0.1, 0.15) is 70.1 Å². The van der Waals surface area contributed by atoms with Crippen molar-refractivity contribution in [3.05, 3.63) is 57.0 Å². The van der Waals surface area contributed by atoms with E-state index in [1.54, 1.807) is 11.3 Å². The summed E-state index contributed by atoms with van der Waals surface area (Å²) in [6.07, 6.45) is 2.06. The zero-order chi connectivity index (χ0) is 19.8. The topological polar surface area (TPSA) is 25.2 Å². The number of aromatic nitrogens is 1. The molecule has 3 aromatic rings. The molecule has 3 rings (SSSR count). The molecule has 1 aromatic heterocycles. The van der Waals surface area contributed by atoms with Gasteiger partial charge in [-0.1, -0.05) is 52.8 Å². The van der Waals surface area contributed by atoms with Crippen molar-refractivity contribution < 1.29 is 5.11 Å². The van der Waals surface area contributed by atoms with Gasteiger partial charge in [-0.25, -0.2) is 0 Å². The first-order valence-electron chi connectivity index (χ1n) is 9.73. The number of nitrogens with zero attached hydrogens (tertiary/aromatic N) is 1. The van der Waals surface area contributed by atoms with E-state index in [4.69, 9.17) is 12.2 Å². The van der Waals surface area contributed by atoms with Crippen LogP contribution in [0.3, 0.4) is 0 Å². The lowest BCUT2D eigenvalue weighted by molar-refractivity contribution is 0.448. The molecule has 2 nitrogen and oxygen atoms in total. The lowest BCUT2D eigenvalue weighted by Crippen LogP contribution is -2.17. The molecule has 0 spiro atoms. The van der Waals surface area contributed by atoms with Gasteiger partial charge in [0, 0.05) is 5.56 Å². The summed E-state index contributed by atoms with van der Waals surface area (Å²) in [5.74, 6) is 0.751. The van der Waals surface area contributed by atoms with Crippen molar-refractivity contribution in [3.63, 3.8) is 0 Å². The summed E-state index contributed by atoms with van der Waals surface area (Å²) in [6.45, 7) is 11.7. The van der Waals surface area contributed by atoms with Gasteiger partial charge in [-0.2, -0.15) is 0 Å². The quantitative estimate of drug-likeness (QED) is 0.437. The van der Waals surface area contributed by atoms with Crippen molar-refractivity contribution in [1.29, 1.82) is 0 Å². The number of aromatic hydroxyl groups is 1. The molecule has 0 amide bonds. The molecule has 0 aliphatic heterocycles. The first kappa shape index (κ1) is 20.1. The third-order valence-electron chi connectivity index (χ3n) is 5.93. The molecule has 0 saturated carbocycles. The van der Waals surface area contributed by atoms with E-state index in [1.165, 1.54) is 10.3 Å². The minimum atomic E-state index is 0.0723. The molecule has 1 unspecified atom stereocenters. The number of phenols is 1. The zero-order valence-corrected chi connectivity index (χ0v) is 18.5. The number of benzene rings is 2. The van der Waals surface area contributed by atoms with Gasteiger partial charge in [0.15, 0.2) is 3.95 Å². The fourth-order valence-electron chi connectivity index (χ4n) is 3.36. The highest BCUT2D eigenvalue weighted by Crippen LogP contribution is 2.38. The minimum absolute atomic E-state index is 0.0723. The van der Waals surface area contributed by atoms with Crippen molar-refractivity contribution >= 4 is 33.8 Å². The van der Waals surface area contributed by atoms with Crippen LogP contribution in [0.25, 0.3) is 10.2 Å². The number of thiazole rings is 1. The molecule has 27 heavy (non-hydrogen) atoms. The second kappa shape index (κ2) is 7.76. The summed E-state index contributed by atoms with van der Waals surface area (Å²) in [5, 5.41) is 11.1. The maximum Gasteiger partial charge on any atom is 0.162 e. The normalized spacial score (nSPS) is 13.2. The molecule has 2 aromatic carbocycles. The maximum absolute atomic E-state index is 11.1. The van der Waals surface area contributed by atoms with E-state index in [9.17, 15) is 5.11 Å². The van der Waals surface area contributed by atoms with Gasteiger partial charge in [0.1, 0.15) is 5.75 Å². The van der Waals surface area contributed by atoms with Crippen LogP contribution < -0.4 is 0 Å². The Morgan fingerprint density at radius 2 is 1.89 bits per heavy atom. The standard InChI is InChI=1S/C23H29NOS2/c1-6-15(3)18-13-17(23(4,5)7-2)12-16(21(18)25)14-24-19-10-8-9-11-20(19)27-22(24)26/h8-13,15,25H,6-7,14H2,1-5H3. The van der Waals surface area contributed by atoms with Gasteiger partial charge < -0.3 is 9.67 Å². The number of phenolic OH excluding ortho intramolecular Hbond substituents is 1. The molecule has 0 bridgehead atoms. The average Bonchev–Trinajstić information content (AvgIpc) is 2.97. The largest absolute Gasteiger partial charge is 0.507 e. The Hall–Kier alpha value is -1.65. The third-order valence-corrected chi connectivity index (χ3v) is 7.36. The zero-order valence-electron chi connectivity index (χ0n) is 16.9. The highest BCUT2D eigenvalue weighted by Gasteiger charge is 2.23. The van der Waals surface area contributed by atoms with E-state index in [0.29, 0.717) is 18.2 Å². The first-order chi connectivity index (χ1) is 12.8. The maximum atomic E-state index is 11.1. The fraction of sp³-hybridized carbons (Fsp3) is 0.435. The predicted octanol–water partition coefficient (Wildman–Crippen LogP) is 7.39. The molecule has 144 valence electrons. The van der Waals surface area contributed by atoms with E-state index >= 15 is 0 Å². The van der Waals surface area contributed by atoms with Crippen molar-refractivity contribution in [2.75, 3.05) is 0 Å². The monoisotopic (exact) mass is 399 g/mol. The van der Waals surface area contributed by atoms with E-state index < -0.39 is 0 Å². The van der Waals surface area contributed by atoms with E-state index in [0.717, 1.165) is 33.4 Å². The predicted molar refractivity (Wildman–Crippen MR) is 120 cm³/mol. The molecule has 1 heterocycles. The molecule has 0 aliphatic rings. The van der Waals surface area contributed by atoms with Gasteiger partial charge in [-0.05, 0) is 65.7 Å². The third kappa shape index (κ3) is 3.83. The number of fused-ring (bicyclic) bond motifs is 1. The number of para-hydroxylation sites is 1. The highest BCUT2D eigenvalue weighted by atomic mass is 32.1. The number of hydrogen-bond acceptors (Lipinski definition) is 3. The summed E-state index contributed by atoms with van der Waals surface area (Å²) >= 11 is 7.26. The molecule has 4 heteroatoms. The van der Waals surface area contributed by atoms with Crippen LogP contribution in [0, 0.1) is 3.95 Å². The Morgan fingerprint density at radius 1 is 1.19 bits per heavy atom. The molecular weight excluding hydrogens is 370 g/mol. The molecule has 0 saturated heterocycles. The Bertz CT molecular complexity index is 1010. The van der Waals surface area contributed by atoms with Crippen molar-refractivity contribution in [3.8, 4) is 5.75 Å². The van der Waals surface area contributed by atoms with Gasteiger partial charge in [-0.3, -0.25) is 0 Å². The Balaban J connectivity index is 2.17. The number of hydrogen-bond donors (Lipinski definition) is 1. The van der Waals surface area contributed by atoms with E-state index in [-0.39, 0.29) is 5.41 Å². The summed E-state index contributed by atoms with van der Waals surface area (Å²) < 4.78 is 4.18. The van der Waals surface area contributed by atoms with Gasteiger partial charge in [0.05, 0.1) is 16.8 Å². The van der Waals surface area contributed by atoms with Crippen LogP contribution in [0.15, 0.2) is 36.4 Å². The van der Waals surface area contributed by atoms with Crippen LogP contribution in [-0.2, 0) is 12.0 Å². The molecule has 1 atom stereocenters. The molecule has 0 aliphatic carbocycles. The molecule has 1 N–H and O–H groups in total. The van der Waals surface area contributed by atoms with Crippen LogP contribution in [-0.4, -0.2) is 9.67 Å². The lowest BCUT2D eigenvalue weighted by Gasteiger charge is -2.27. The smallest absolute Gasteiger partial charge is 0.162 e. The Morgan fingerprint density at radius 3 is 2.56 bits per heavy atom. The summed E-state index contributed by atoms with van der Waals surface area (Å²) in [7, 11) is 0. The second-order valence-electron chi connectivity index (χ2n) is 8.04. The minimum Gasteiger partial charge on any atom is -0.507 e.